The minimum atomic E-state index is -4.98. The maximum Gasteiger partial charge on any atom is 1.00 e. The first kappa shape index (κ1) is 15.5. The zero-order chi connectivity index (χ0) is 10.9. The number of rotatable bonds is 2. The van der Waals surface area contributed by atoms with Crippen LogP contribution in [-0.2, 0) is 0 Å². The van der Waals surface area contributed by atoms with Crippen LogP contribution in [0.2, 0.25) is 0 Å². The van der Waals surface area contributed by atoms with Crippen molar-refractivity contribution in [3.63, 3.8) is 0 Å². The van der Waals surface area contributed by atoms with Crippen LogP contribution in [0.15, 0.2) is 18.2 Å². The summed E-state index contributed by atoms with van der Waals surface area (Å²) in [5.41, 5.74) is -0.326. The Kier molecular flexibility index (Phi) is 5.92. The van der Waals surface area contributed by atoms with Crippen molar-refractivity contribution < 1.29 is 69.4 Å². The summed E-state index contributed by atoms with van der Waals surface area (Å²) in [7, 11) is 0. The molecule has 1 rings (SSSR count). The van der Waals surface area contributed by atoms with Crippen molar-refractivity contribution in [1.82, 2.24) is 0 Å². The van der Waals surface area contributed by atoms with E-state index in [2.05, 4.69) is 0 Å². The van der Waals surface area contributed by atoms with E-state index in [1.807, 2.05) is 0 Å². The summed E-state index contributed by atoms with van der Waals surface area (Å²) in [5.74, 6) is -0.197. The van der Waals surface area contributed by atoms with Gasteiger partial charge in [-0.25, -0.2) is 0 Å². The molecule has 0 radical (unpaired) electrons. The number of benzene rings is 1. The van der Waals surface area contributed by atoms with Gasteiger partial charge in [0.25, 0.3) is 0 Å². The Hall–Kier alpha value is 0.511. The van der Waals surface area contributed by atoms with E-state index >= 15 is 0 Å². The third kappa shape index (κ3) is 4.11. The molecule has 0 spiro atoms. The molecular weight excluding hydrogens is 231 g/mol. The number of hydrogen-bond donors (Lipinski definition) is 1. The van der Waals surface area contributed by atoms with Crippen LogP contribution in [0.1, 0.15) is 25.3 Å². The zero-order valence-corrected chi connectivity index (χ0v) is 12.1. The van der Waals surface area contributed by atoms with Crippen LogP contribution in [0.25, 0.3) is 0 Å². The van der Waals surface area contributed by atoms with Crippen LogP contribution in [-0.4, -0.2) is 12.1 Å². The molecule has 0 bridgehead atoms. The van der Waals surface area contributed by atoms with Crippen molar-refractivity contribution in [2.45, 2.75) is 19.8 Å². The van der Waals surface area contributed by atoms with Gasteiger partial charge in [-0.3, -0.25) is 0 Å². The summed E-state index contributed by atoms with van der Waals surface area (Å²) >= 11 is 0. The molecule has 0 amide bonds. The third-order valence-corrected chi connectivity index (χ3v) is 2.05. The summed E-state index contributed by atoms with van der Waals surface area (Å²) in [6, 6.07) is 3.01. The summed E-state index contributed by atoms with van der Waals surface area (Å²) in [6.07, 6.45) is 0. The molecule has 1 nitrogen and oxygen atoms in total. The Morgan fingerprint density at radius 2 is 1.73 bits per heavy atom. The quantitative estimate of drug-likeness (QED) is 0.698. The summed E-state index contributed by atoms with van der Waals surface area (Å²) in [6.45, 7) is -1.50. The van der Waals surface area contributed by atoms with E-state index < -0.39 is 12.4 Å². The molecule has 0 unspecified atom stereocenters. The maximum absolute atomic E-state index is 12.3. The van der Waals surface area contributed by atoms with Gasteiger partial charge < -0.3 is 18.1 Å². The first-order valence-electron chi connectivity index (χ1n) is 4.35. The Morgan fingerprint density at radius 3 is 2.13 bits per heavy atom. The standard InChI is InChI=1S/C9H11BF3O.K/c1-6(2)8-5-7(10(11,12)13)3-4-9(8)14;/h3-6,14H,1-2H3;/q-1;+1. The fourth-order valence-corrected chi connectivity index (χ4v) is 1.24. The summed E-state index contributed by atoms with van der Waals surface area (Å²) in [4.78, 5) is 0. The minimum Gasteiger partial charge on any atom is -0.508 e. The molecule has 0 aliphatic rings. The predicted molar refractivity (Wildman–Crippen MR) is 50.9 cm³/mol. The molecule has 0 fully saturated rings. The van der Waals surface area contributed by atoms with Crippen molar-refractivity contribution in [2.24, 2.45) is 0 Å². The number of phenolic OH excluding ortho intramolecular Hbond substituents is 1. The van der Waals surface area contributed by atoms with Crippen molar-refractivity contribution in [3.8, 4) is 5.75 Å². The number of hydrogen-bond acceptors (Lipinski definition) is 1. The Morgan fingerprint density at radius 1 is 1.20 bits per heavy atom. The van der Waals surface area contributed by atoms with Crippen LogP contribution >= 0.6 is 0 Å². The van der Waals surface area contributed by atoms with Crippen molar-refractivity contribution >= 4 is 12.4 Å². The van der Waals surface area contributed by atoms with E-state index in [0.717, 1.165) is 18.2 Å². The van der Waals surface area contributed by atoms with Crippen LogP contribution in [0.3, 0.4) is 0 Å². The number of phenols is 1. The van der Waals surface area contributed by atoms with Gasteiger partial charge in [-0.2, -0.15) is 0 Å². The number of halogens is 3. The average molecular weight is 242 g/mol. The van der Waals surface area contributed by atoms with Crippen LogP contribution in [0.5, 0.6) is 5.75 Å². The van der Waals surface area contributed by atoms with Crippen molar-refractivity contribution in [3.05, 3.63) is 23.8 Å². The fraction of sp³-hybridized carbons (Fsp3) is 0.333. The second-order valence-corrected chi connectivity index (χ2v) is 3.55. The normalized spacial score (nSPS) is 11.3. The molecule has 0 atom stereocenters. The van der Waals surface area contributed by atoms with Gasteiger partial charge in [0.2, 0.25) is 0 Å². The van der Waals surface area contributed by atoms with Gasteiger partial charge in [0.05, 0.1) is 0 Å². The molecule has 6 heteroatoms. The Labute approximate surface area is 130 Å². The topological polar surface area (TPSA) is 20.2 Å². The summed E-state index contributed by atoms with van der Waals surface area (Å²) in [5, 5.41) is 9.31. The molecule has 0 heterocycles. The second-order valence-electron chi connectivity index (χ2n) is 3.55. The molecule has 0 saturated heterocycles. The van der Waals surface area contributed by atoms with Crippen LogP contribution < -0.4 is 56.8 Å². The molecule has 1 aromatic carbocycles. The van der Waals surface area contributed by atoms with Gasteiger partial charge in [-0.1, -0.05) is 26.0 Å². The van der Waals surface area contributed by atoms with Gasteiger partial charge in [-0.05, 0) is 17.5 Å². The van der Waals surface area contributed by atoms with Gasteiger partial charge in [0.1, 0.15) is 5.75 Å². The van der Waals surface area contributed by atoms with Crippen molar-refractivity contribution in [2.75, 3.05) is 0 Å². The van der Waals surface area contributed by atoms with E-state index in [1.54, 1.807) is 13.8 Å². The largest absolute Gasteiger partial charge is 1.00 e. The second kappa shape index (κ2) is 5.72. The monoisotopic (exact) mass is 242 g/mol. The molecule has 1 aromatic rings. The van der Waals surface area contributed by atoms with Gasteiger partial charge in [-0.15, -0.1) is 5.46 Å². The van der Waals surface area contributed by atoms with E-state index in [9.17, 15) is 18.1 Å². The Balaban J connectivity index is 0.00000196. The number of aromatic hydroxyl groups is 1. The van der Waals surface area contributed by atoms with Crippen LogP contribution in [0, 0.1) is 0 Å². The SMILES string of the molecule is CC(C)c1cc([B-](F)(F)F)ccc1O.[K+]. The molecule has 78 valence electrons. The molecule has 1 N–H and O–H groups in total. The van der Waals surface area contributed by atoms with Crippen molar-refractivity contribution in [1.29, 1.82) is 0 Å². The molecule has 0 aliphatic carbocycles. The minimum absolute atomic E-state index is 0. The first-order valence-corrected chi connectivity index (χ1v) is 4.35. The predicted octanol–water partition coefficient (Wildman–Crippen LogP) is -0.426. The first-order chi connectivity index (χ1) is 6.32. The summed E-state index contributed by atoms with van der Waals surface area (Å²) < 4.78 is 37.0. The van der Waals surface area contributed by atoms with E-state index in [0.29, 0.717) is 5.56 Å². The Bertz CT molecular complexity index is 339. The van der Waals surface area contributed by atoms with Gasteiger partial charge in [0, 0.05) is 0 Å². The molecule has 0 saturated carbocycles. The third-order valence-electron chi connectivity index (χ3n) is 2.05. The molecule has 15 heavy (non-hydrogen) atoms. The average Bonchev–Trinajstić information content (AvgIpc) is 2.02. The van der Waals surface area contributed by atoms with E-state index in [4.69, 9.17) is 0 Å². The maximum atomic E-state index is 12.3. The van der Waals surface area contributed by atoms with E-state index in [1.165, 1.54) is 0 Å². The fourth-order valence-electron chi connectivity index (χ4n) is 1.24. The van der Waals surface area contributed by atoms with E-state index in [-0.39, 0.29) is 63.1 Å². The molecule has 0 aliphatic heterocycles. The van der Waals surface area contributed by atoms with Gasteiger partial charge in [0.15, 0.2) is 0 Å². The zero-order valence-electron chi connectivity index (χ0n) is 8.97. The van der Waals surface area contributed by atoms with Gasteiger partial charge >= 0.3 is 58.4 Å². The molecule has 0 aromatic heterocycles. The van der Waals surface area contributed by atoms with Crippen LogP contribution in [0.4, 0.5) is 12.9 Å². The molecular formula is C9H11BF3KO. The smallest absolute Gasteiger partial charge is 0.508 e.